The Morgan fingerprint density at radius 2 is 1.95 bits per heavy atom. The van der Waals surface area contributed by atoms with Crippen molar-refractivity contribution in [2.75, 3.05) is 13.6 Å². The molecule has 1 aromatic rings. The second-order valence-corrected chi connectivity index (χ2v) is 7.48. The number of nitrogens with two attached hydrogens (primary N) is 1. The predicted octanol–water partition coefficient (Wildman–Crippen LogP) is 4.07. The molecule has 1 atom stereocenters. The Bertz CT molecular complexity index is 458. The van der Waals surface area contributed by atoms with Crippen LogP contribution in [0.5, 0.6) is 0 Å². The van der Waals surface area contributed by atoms with Crippen molar-refractivity contribution in [2.45, 2.75) is 51.6 Å². The van der Waals surface area contributed by atoms with Crippen LogP contribution in [0.25, 0.3) is 0 Å². The first-order valence-corrected chi connectivity index (χ1v) is 7.91. The van der Waals surface area contributed by atoms with E-state index in [9.17, 15) is 0 Å². The Labute approximate surface area is 128 Å². The second-order valence-electron chi connectivity index (χ2n) is 7.07. The van der Waals surface area contributed by atoms with Gasteiger partial charge in [-0.25, -0.2) is 0 Å². The van der Waals surface area contributed by atoms with Crippen molar-refractivity contribution < 1.29 is 0 Å². The Balaban J connectivity index is 2.17. The van der Waals surface area contributed by atoms with Gasteiger partial charge in [0.1, 0.15) is 0 Å². The molecular formula is C17H27ClN2. The highest BCUT2D eigenvalue weighted by Crippen LogP contribution is 2.43. The van der Waals surface area contributed by atoms with Gasteiger partial charge in [0, 0.05) is 23.7 Å². The molecule has 0 spiro atoms. The Kier molecular flexibility index (Phi) is 4.78. The number of hydrogen-bond acceptors (Lipinski definition) is 2. The third-order valence-electron chi connectivity index (χ3n) is 4.86. The summed E-state index contributed by atoms with van der Waals surface area (Å²) in [6.45, 7) is 6.31. The van der Waals surface area contributed by atoms with Crippen LogP contribution in [-0.2, 0) is 6.54 Å². The van der Waals surface area contributed by atoms with E-state index in [-0.39, 0.29) is 5.54 Å². The molecule has 1 aromatic carbocycles. The Morgan fingerprint density at radius 3 is 2.55 bits per heavy atom. The monoisotopic (exact) mass is 294 g/mol. The third-order valence-corrected chi connectivity index (χ3v) is 5.23. The van der Waals surface area contributed by atoms with Crippen LogP contribution in [0.4, 0.5) is 0 Å². The van der Waals surface area contributed by atoms with Gasteiger partial charge in [-0.15, -0.1) is 0 Å². The van der Waals surface area contributed by atoms with Crippen molar-refractivity contribution in [3.63, 3.8) is 0 Å². The van der Waals surface area contributed by atoms with E-state index in [1.54, 1.807) is 0 Å². The van der Waals surface area contributed by atoms with Crippen LogP contribution in [0.3, 0.4) is 0 Å². The van der Waals surface area contributed by atoms with Gasteiger partial charge in [-0.2, -0.15) is 0 Å². The number of halogens is 1. The maximum atomic E-state index is 6.29. The van der Waals surface area contributed by atoms with Crippen LogP contribution in [-0.4, -0.2) is 24.0 Å². The lowest BCUT2D eigenvalue weighted by Crippen LogP contribution is -2.55. The number of hydrogen-bond donors (Lipinski definition) is 1. The smallest absolute Gasteiger partial charge is 0.0451 e. The second kappa shape index (κ2) is 6.05. The van der Waals surface area contributed by atoms with E-state index >= 15 is 0 Å². The highest BCUT2D eigenvalue weighted by molar-refractivity contribution is 6.31. The van der Waals surface area contributed by atoms with Crippen LogP contribution in [0.15, 0.2) is 24.3 Å². The van der Waals surface area contributed by atoms with Crippen LogP contribution in [0, 0.1) is 5.41 Å². The summed E-state index contributed by atoms with van der Waals surface area (Å²) in [5.41, 5.74) is 7.86. The van der Waals surface area contributed by atoms with Crippen LogP contribution in [0.1, 0.15) is 45.1 Å². The SMILES string of the molecule is CN(Cc1ccccc1Cl)C1(CN)CCCC(C)(C)C1. The van der Waals surface area contributed by atoms with Crippen LogP contribution in [0.2, 0.25) is 5.02 Å². The molecule has 1 aliphatic carbocycles. The minimum absolute atomic E-state index is 0.112. The molecular weight excluding hydrogens is 268 g/mol. The van der Waals surface area contributed by atoms with E-state index in [0.717, 1.165) is 24.5 Å². The molecule has 0 heterocycles. The molecule has 0 aliphatic heterocycles. The molecule has 2 rings (SSSR count). The maximum Gasteiger partial charge on any atom is 0.0451 e. The Morgan fingerprint density at radius 1 is 1.25 bits per heavy atom. The fraction of sp³-hybridized carbons (Fsp3) is 0.647. The molecule has 1 saturated carbocycles. The molecule has 112 valence electrons. The van der Waals surface area contributed by atoms with Gasteiger partial charge in [-0.3, -0.25) is 4.90 Å². The average molecular weight is 295 g/mol. The molecule has 0 amide bonds. The van der Waals surface area contributed by atoms with E-state index in [1.165, 1.54) is 24.8 Å². The quantitative estimate of drug-likeness (QED) is 0.907. The average Bonchev–Trinajstić information content (AvgIpc) is 2.40. The molecule has 3 heteroatoms. The maximum absolute atomic E-state index is 6.29. The highest BCUT2D eigenvalue weighted by atomic mass is 35.5. The lowest BCUT2D eigenvalue weighted by atomic mass is 9.67. The van der Waals surface area contributed by atoms with Gasteiger partial charge in [-0.05, 0) is 43.4 Å². The molecule has 1 unspecified atom stereocenters. The number of rotatable bonds is 4. The van der Waals surface area contributed by atoms with E-state index in [1.807, 2.05) is 12.1 Å². The van der Waals surface area contributed by atoms with Crippen LogP contribution >= 0.6 is 11.6 Å². The first kappa shape index (κ1) is 15.8. The van der Waals surface area contributed by atoms with E-state index in [0.29, 0.717) is 5.41 Å². The topological polar surface area (TPSA) is 29.3 Å². The Hall–Kier alpha value is -0.570. The van der Waals surface area contributed by atoms with Gasteiger partial charge in [-0.1, -0.05) is 50.1 Å². The summed E-state index contributed by atoms with van der Waals surface area (Å²) >= 11 is 6.29. The van der Waals surface area contributed by atoms with Crippen molar-refractivity contribution >= 4 is 11.6 Å². The molecule has 2 nitrogen and oxygen atoms in total. The fourth-order valence-electron chi connectivity index (χ4n) is 3.67. The first-order chi connectivity index (χ1) is 9.38. The van der Waals surface area contributed by atoms with Crippen molar-refractivity contribution in [1.29, 1.82) is 0 Å². The molecule has 1 fully saturated rings. The van der Waals surface area contributed by atoms with Gasteiger partial charge >= 0.3 is 0 Å². The third kappa shape index (κ3) is 3.36. The van der Waals surface area contributed by atoms with Gasteiger partial charge in [0.2, 0.25) is 0 Å². The van der Waals surface area contributed by atoms with Crippen LogP contribution < -0.4 is 5.73 Å². The molecule has 0 radical (unpaired) electrons. The summed E-state index contributed by atoms with van der Waals surface area (Å²) in [4.78, 5) is 2.43. The molecule has 0 saturated heterocycles. The van der Waals surface area contributed by atoms with Gasteiger partial charge < -0.3 is 5.73 Å². The lowest BCUT2D eigenvalue weighted by molar-refractivity contribution is 0.0224. The largest absolute Gasteiger partial charge is 0.329 e. The van der Waals surface area contributed by atoms with Crippen molar-refractivity contribution in [3.05, 3.63) is 34.9 Å². The molecule has 20 heavy (non-hydrogen) atoms. The van der Waals surface area contributed by atoms with E-state index < -0.39 is 0 Å². The fourth-order valence-corrected chi connectivity index (χ4v) is 3.86. The van der Waals surface area contributed by atoms with Gasteiger partial charge in [0.25, 0.3) is 0 Å². The summed E-state index contributed by atoms with van der Waals surface area (Å²) in [7, 11) is 2.19. The minimum Gasteiger partial charge on any atom is -0.329 e. The number of benzene rings is 1. The normalized spacial score (nSPS) is 25.9. The first-order valence-electron chi connectivity index (χ1n) is 7.53. The van der Waals surface area contributed by atoms with Gasteiger partial charge in [0.05, 0.1) is 0 Å². The zero-order chi connectivity index (χ0) is 14.8. The van der Waals surface area contributed by atoms with Crippen molar-refractivity contribution in [2.24, 2.45) is 11.1 Å². The summed E-state index contributed by atoms with van der Waals surface area (Å²) in [5, 5.41) is 0.849. The number of likely N-dealkylation sites (N-methyl/N-ethyl adjacent to an activating group) is 1. The number of nitrogens with zero attached hydrogens (tertiary/aromatic N) is 1. The molecule has 1 aliphatic rings. The summed E-state index contributed by atoms with van der Waals surface area (Å²) in [5.74, 6) is 0. The summed E-state index contributed by atoms with van der Waals surface area (Å²) in [6.07, 6.45) is 4.91. The highest BCUT2D eigenvalue weighted by Gasteiger charge is 2.41. The van der Waals surface area contributed by atoms with Crippen molar-refractivity contribution in [1.82, 2.24) is 4.90 Å². The van der Waals surface area contributed by atoms with E-state index in [4.69, 9.17) is 17.3 Å². The predicted molar refractivity (Wildman–Crippen MR) is 87.0 cm³/mol. The zero-order valence-electron chi connectivity index (χ0n) is 13.0. The molecule has 0 bridgehead atoms. The lowest BCUT2D eigenvalue weighted by Gasteiger charge is -2.49. The van der Waals surface area contributed by atoms with Gasteiger partial charge in [0.15, 0.2) is 0 Å². The standard InChI is InChI=1S/C17H27ClN2/c1-16(2)9-6-10-17(12-16,13-19)20(3)11-14-7-4-5-8-15(14)18/h4-5,7-8H,6,9-13,19H2,1-3H3. The summed E-state index contributed by atoms with van der Waals surface area (Å²) in [6, 6.07) is 8.10. The van der Waals surface area contributed by atoms with Crippen molar-refractivity contribution in [3.8, 4) is 0 Å². The molecule has 0 aromatic heterocycles. The van der Waals surface area contributed by atoms with E-state index in [2.05, 4.69) is 37.9 Å². The minimum atomic E-state index is 0.112. The zero-order valence-corrected chi connectivity index (χ0v) is 13.7. The summed E-state index contributed by atoms with van der Waals surface area (Å²) < 4.78 is 0. The molecule has 2 N–H and O–H groups in total.